The van der Waals surface area contributed by atoms with Crippen LogP contribution in [-0.4, -0.2) is 11.2 Å². The summed E-state index contributed by atoms with van der Waals surface area (Å²) >= 11 is 0. The fourth-order valence-corrected chi connectivity index (χ4v) is 1.71. The molecule has 0 fully saturated rings. The molecule has 6 heteroatoms. The van der Waals surface area contributed by atoms with Crippen LogP contribution in [0.4, 0.5) is 5.69 Å². The number of rotatable bonds is 5. The number of nitriles is 1. The van der Waals surface area contributed by atoms with Crippen LogP contribution in [0.2, 0.25) is 0 Å². The van der Waals surface area contributed by atoms with Crippen LogP contribution in [0.15, 0.2) is 42.5 Å². The van der Waals surface area contributed by atoms with Crippen molar-refractivity contribution in [3.05, 3.63) is 69.3 Å². The van der Waals surface area contributed by atoms with Crippen LogP contribution in [0.1, 0.15) is 21.5 Å². The molecule has 0 atom stereocenters. The number of nitrogens with zero attached hydrogens (tertiary/aromatic N) is 2. The van der Waals surface area contributed by atoms with Gasteiger partial charge in [-0.1, -0.05) is 12.1 Å². The normalized spacial score (nSPS) is 9.67. The number of nitro groups is 1. The van der Waals surface area contributed by atoms with E-state index < -0.39 is 4.92 Å². The SMILES string of the molecule is N#Cc1ccc(COc2ccc(C=O)cc2[N+](=O)[O-])cc1. The number of carbonyl (C=O) groups is 1. The molecule has 6 nitrogen and oxygen atoms in total. The van der Waals surface area contributed by atoms with Gasteiger partial charge in [0.15, 0.2) is 5.75 Å². The summed E-state index contributed by atoms with van der Waals surface area (Å²) in [7, 11) is 0. The molecule has 0 heterocycles. The Kier molecular flexibility index (Phi) is 4.26. The van der Waals surface area contributed by atoms with E-state index in [1.807, 2.05) is 6.07 Å². The van der Waals surface area contributed by atoms with Gasteiger partial charge in [0.05, 0.1) is 16.6 Å². The Hall–Kier alpha value is -3.20. The van der Waals surface area contributed by atoms with Gasteiger partial charge in [-0.3, -0.25) is 14.9 Å². The molecule has 0 unspecified atom stereocenters. The number of ether oxygens (including phenoxy) is 1. The molecule has 0 saturated carbocycles. The Morgan fingerprint density at radius 3 is 2.52 bits per heavy atom. The molecule has 0 aromatic heterocycles. The van der Waals surface area contributed by atoms with Gasteiger partial charge in [-0.25, -0.2) is 0 Å². The molecule has 0 radical (unpaired) electrons. The first-order chi connectivity index (χ1) is 10.1. The van der Waals surface area contributed by atoms with Gasteiger partial charge in [0.1, 0.15) is 12.9 Å². The number of hydrogen-bond acceptors (Lipinski definition) is 5. The Morgan fingerprint density at radius 2 is 1.95 bits per heavy atom. The number of nitro benzene ring substituents is 1. The van der Waals surface area contributed by atoms with E-state index >= 15 is 0 Å². The lowest BCUT2D eigenvalue weighted by atomic mass is 10.1. The molecule has 0 aliphatic carbocycles. The molecule has 2 aromatic carbocycles. The zero-order valence-corrected chi connectivity index (χ0v) is 10.9. The van der Waals surface area contributed by atoms with E-state index in [0.717, 1.165) is 5.56 Å². The Morgan fingerprint density at radius 1 is 1.24 bits per heavy atom. The summed E-state index contributed by atoms with van der Waals surface area (Å²) in [6.45, 7) is 0.132. The van der Waals surface area contributed by atoms with E-state index in [0.29, 0.717) is 11.8 Å². The third kappa shape index (κ3) is 3.42. The van der Waals surface area contributed by atoms with Gasteiger partial charge in [-0.05, 0) is 29.8 Å². The van der Waals surface area contributed by atoms with Gasteiger partial charge in [0.25, 0.3) is 0 Å². The maximum absolute atomic E-state index is 11.0. The van der Waals surface area contributed by atoms with Crippen LogP contribution in [0, 0.1) is 21.4 Å². The minimum absolute atomic E-state index is 0.0926. The lowest BCUT2D eigenvalue weighted by molar-refractivity contribution is -0.386. The highest BCUT2D eigenvalue weighted by molar-refractivity contribution is 5.77. The summed E-state index contributed by atoms with van der Waals surface area (Å²) in [6.07, 6.45) is 0.539. The third-order valence-electron chi connectivity index (χ3n) is 2.79. The van der Waals surface area contributed by atoms with Crippen molar-refractivity contribution in [2.24, 2.45) is 0 Å². The monoisotopic (exact) mass is 282 g/mol. The zero-order valence-electron chi connectivity index (χ0n) is 10.9. The topological polar surface area (TPSA) is 93.2 Å². The summed E-state index contributed by atoms with van der Waals surface area (Å²) in [5.74, 6) is 0.0926. The summed E-state index contributed by atoms with van der Waals surface area (Å²) in [6, 6.07) is 12.7. The molecule has 104 valence electrons. The quantitative estimate of drug-likeness (QED) is 0.477. The van der Waals surface area contributed by atoms with E-state index in [4.69, 9.17) is 10.00 Å². The van der Waals surface area contributed by atoms with Crippen LogP contribution in [0.3, 0.4) is 0 Å². The lowest BCUT2D eigenvalue weighted by Gasteiger charge is -2.07. The van der Waals surface area contributed by atoms with Crippen molar-refractivity contribution in [3.8, 4) is 11.8 Å². The smallest absolute Gasteiger partial charge is 0.311 e. The molecule has 0 aliphatic rings. The highest BCUT2D eigenvalue weighted by Crippen LogP contribution is 2.28. The van der Waals surface area contributed by atoms with Crippen molar-refractivity contribution < 1.29 is 14.5 Å². The second-order valence-corrected chi connectivity index (χ2v) is 4.20. The average molecular weight is 282 g/mol. The Labute approximate surface area is 120 Å². The summed E-state index contributed by atoms with van der Waals surface area (Å²) in [5, 5.41) is 19.7. The predicted octanol–water partition coefficient (Wildman–Crippen LogP) is 2.86. The molecule has 0 bridgehead atoms. The molecule has 0 amide bonds. The molecular formula is C15H10N2O4. The van der Waals surface area contributed by atoms with Crippen LogP contribution in [0.25, 0.3) is 0 Å². The number of carbonyl (C=O) groups excluding carboxylic acids is 1. The van der Waals surface area contributed by atoms with Crippen molar-refractivity contribution in [2.75, 3.05) is 0 Å². The largest absolute Gasteiger partial charge is 0.482 e. The van der Waals surface area contributed by atoms with E-state index in [1.54, 1.807) is 24.3 Å². The maximum atomic E-state index is 11.0. The number of benzene rings is 2. The van der Waals surface area contributed by atoms with Crippen LogP contribution < -0.4 is 4.74 Å². The molecule has 0 aliphatic heterocycles. The first kappa shape index (κ1) is 14.2. The van der Waals surface area contributed by atoms with Crippen LogP contribution in [-0.2, 0) is 6.61 Å². The Balaban J connectivity index is 2.17. The minimum Gasteiger partial charge on any atom is -0.482 e. The number of aldehydes is 1. The zero-order chi connectivity index (χ0) is 15.2. The molecular weight excluding hydrogens is 272 g/mol. The van der Waals surface area contributed by atoms with Gasteiger partial charge in [-0.2, -0.15) is 5.26 Å². The van der Waals surface area contributed by atoms with Crippen molar-refractivity contribution in [1.82, 2.24) is 0 Å². The highest BCUT2D eigenvalue weighted by Gasteiger charge is 2.16. The standard InChI is InChI=1S/C15H10N2O4/c16-8-11-1-3-12(4-2-11)10-21-15-6-5-13(9-18)7-14(15)17(19)20/h1-7,9H,10H2. The fourth-order valence-electron chi connectivity index (χ4n) is 1.71. The molecule has 2 rings (SSSR count). The average Bonchev–Trinajstić information content (AvgIpc) is 2.53. The van der Waals surface area contributed by atoms with E-state index in [1.165, 1.54) is 18.2 Å². The second-order valence-electron chi connectivity index (χ2n) is 4.20. The molecule has 0 N–H and O–H groups in total. The van der Waals surface area contributed by atoms with Gasteiger partial charge in [0, 0.05) is 11.6 Å². The van der Waals surface area contributed by atoms with Gasteiger partial charge < -0.3 is 4.74 Å². The predicted molar refractivity (Wildman–Crippen MR) is 74.0 cm³/mol. The van der Waals surface area contributed by atoms with Crippen molar-refractivity contribution in [3.63, 3.8) is 0 Å². The first-order valence-corrected chi connectivity index (χ1v) is 5.99. The van der Waals surface area contributed by atoms with E-state index in [9.17, 15) is 14.9 Å². The fraction of sp³-hybridized carbons (Fsp3) is 0.0667. The van der Waals surface area contributed by atoms with Crippen molar-refractivity contribution in [2.45, 2.75) is 6.61 Å². The molecule has 0 spiro atoms. The minimum atomic E-state index is -0.596. The van der Waals surface area contributed by atoms with Gasteiger partial charge in [-0.15, -0.1) is 0 Å². The van der Waals surface area contributed by atoms with Crippen LogP contribution in [0.5, 0.6) is 5.75 Å². The van der Waals surface area contributed by atoms with E-state index in [2.05, 4.69) is 0 Å². The highest BCUT2D eigenvalue weighted by atomic mass is 16.6. The van der Waals surface area contributed by atoms with Crippen molar-refractivity contribution in [1.29, 1.82) is 5.26 Å². The number of hydrogen-bond donors (Lipinski definition) is 0. The van der Waals surface area contributed by atoms with Crippen LogP contribution >= 0.6 is 0 Å². The molecule has 0 saturated heterocycles. The third-order valence-corrected chi connectivity index (χ3v) is 2.79. The van der Waals surface area contributed by atoms with Gasteiger partial charge in [0.2, 0.25) is 0 Å². The van der Waals surface area contributed by atoms with E-state index in [-0.39, 0.29) is 23.6 Å². The Bertz CT molecular complexity index is 717. The summed E-state index contributed by atoms with van der Waals surface area (Å²) in [4.78, 5) is 21.0. The maximum Gasteiger partial charge on any atom is 0.311 e. The van der Waals surface area contributed by atoms with Gasteiger partial charge >= 0.3 is 5.69 Å². The molecule has 2 aromatic rings. The lowest BCUT2D eigenvalue weighted by Crippen LogP contribution is -2.00. The summed E-state index contributed by atoms with van der Waals surface area (Å²) in [5.41, 5.74) is 1.27. The summed E-state index contributed by atoms with van der Waals surface area (Å²) < 4.78 is 5.42. The second kappa shape index (κ2) is 6.30. The first-order valence-electron chi connectivity index (χ1n) is 5.99. The molecule has 21 heavy (non-hydrogen) atoms. The van der Waals surface area contributed by atoms with Crippen molar-refractivity contribution >= 4 is 12.0 Å².